The number of aliphatic hydroxyl groups is 1. The highest BCUT2D eigenvalue weighted by molar-refractivity contribution is 5.60. The molecule has 0 saturated carbocycles. The van der Waals surface area contributed by atoms with Crippen molar-refractivity contribution in [3.05, 3.63) is 35.5 Å². The maximum atomic E-state index is 9.71. The van der Waals surface area contributed by atoms with Crippen LogP contribution < -0.4 is 11.6 Å². The van der Waals surface area contributed by atoms with E-state index in [0.29, 0.717) is 11.6 Å². The molecule has 0 aliphatic heterocycles. The second kappa shape index (κ2) is 8.52. The molecule has 5 nitrogen and oxygen atoms in total. The molecule has 0 fully saturated rings. The lowest BCUT2D eigenvalue weighted by molar-refractivity contribution is 0.239. The number of nitrogens with zero attached hydrogens (tertiary/aromatic N) is 2. The van der Waals surface area contributed by atoms with Crippen molar-refractivity contribution in [3.8, 4) is 0 Å². The van der Waals surface area contributed by atoms with Gasteiger partial charge in [-0.25, -0.2) is 5.84 Å². The maximum absolute atomic E-state index is 9.71. The summed E-state index contributed by atoms with van der Waals surface area (Å²) in [4.78, 5) is 4.32. The molecule has 0 amide bonds. The summed E-state index contributed by atoms with van der Waals surface area (Å²) >= 11 is 0. The molecule has 0 radical (unpaired) electrons. The van der Waals surface area contributed by atoms with Crippen molar-refractivity contribution >= 4 is 5.70 Å². The summed E-state index contributed by atoms with van der Waals surface area (Å²) < 4.78 is 0. The molecule has 0 spiro atoms. The zero-order valence-electron chi connectivity index (χ0n) is 13.3. The predicted octanol–water partition coefficient (Wildman–Crippen LogP) is 2.79. The molecule has 5 heteroatoms. The minimum Gasteiger partial charge on any atom is -0.492 e. The van der Waals surface area contributed by atoms with Crippen LogP contribution in [0.15, 0.2) is 24.2 Å². The van der Waals surface area contributed by atoms with E-state index in [1.165, 1.54) is 38.3 Å². The molecule has 1 rings (SSSR count). The summed E-state index contributed by atoms with van der Waals surface area (Å²) in [5.74, 6) is 5.98. The van der Waals surface area contributed by atoms with Crippen LogP contribution in [0.4, 0.5) is 0 Å². The van der Waals surface area contributed by atoms with Gasteiger partial charge in [0.1, 0.15) is 5.70 Å². The summed E-state index contributed by atoms with van der Waals surface area (Å²) in [6.07, 6.45) is 7.83. The zero-order chi connectivity index (χ0) is 15.8. The number of nitrogens with two attached hydrogens (primary N) is 2. The minimum absolute atomic E-state index is 0.176. The van der Waals surface area contributed by atoms with Crippen LogP contribution in [0.3, 0.4) is 0 Å². The zero-order valence-corrected chi connectivity index (χ0v) is 13.3. The fourth-order valence-electron chi connectivity index (χ4n) is 2.29. The van der Waals surface area contributed by atoms with Crippen LogP contribution in [0.2, 0.25) is 0 Å². The molecular weight excluding hydrogens is 264 g/mol. The smallest absolute Gasteiger partial charge is 0.227 e. The average Bonchev–Trinajstić information content (AvgIpc) is 2.50. The lowest BCUT2D eigenvalue weighted by atomic mass is 9.92. The number of aliphatic hydroxyl groups excluding tert-OH is 1. The van der Waals surface area contributed by atoms with Gasteiger partial charge in [-0.3, -0.25) is 9.99 Å². The summed E-state index contributed by atoms with van der Waals surface area (Å²) in [7, 11) is 1.52. The fourth-order valence-corrected chi connectivity index (χ4v) is 2.29. The number of hydrogen-bond donors (Lipinski definition) is 3. The third kappa shape index (κ3) is 5.27. The van der Waals surface area contributed by atoms with Gasteiger partial charge in [-0.1, -0.05) is 45.6 Å². The van der Waals surface area contributed by atoms with Gasteiger partial charge < -0.3 is 10.8 Å². The molecule has 0 aromatic carbocycles. The molecule has 0 bridgehead atoms. The highest BCUT2D eigenvalue weighted by Crippen LogP contribution is 2.19. The Morgan fingerprint density at radius 1 is 1.38 bits per heavy atom. The van der Waals surface area contributed by atoms with Crippen molar-refractivity contribution < 1.29 is 5.11 Å². The lowest BCUT2D eigenvalue weighted by Gasteiger charge is -2.15. The van der Waals surface area contributed by atoms with Crippen molar-refractivity contribution in [2.24, 2.45) is 17.5 Å². The standard InChI is InChI=1S/C16H28N4O/c1-4-6-7-12(5-2)10-13-8-9-14(19-11-13)15(17)16(21)20(3)18/h8-9,11-12,21H,4-7,10,17-18H2,1-3H3/b16-15+. The van der Waals surface area contributed by atoms with Crippen molar-refractivity contribution in [1.29, 1.82) is 0 Å². The third-order valence-corrected chi connectivity index (χ3v) is 3.74. The Labute approximate surface area is 127 Å². The number of unbranched alkanes of at least 4 members (excludes halogenated alkanes) is 1. The Balaban J connectivity index is 2.76. The quantitative estimate of drug-likeness (QED) is 0.389. The number of hydrazine groups is 1. The SMILES string of the molecule is CCCCC(CC)Cc1ccc(/C(N)=C(\O)N(C)N)nc1. The van der Waals surface area contributed by atoms with E-state index in [0.717, 1.165) is 11.4 Å². The lowest BCUT2D eigenvalue weighted by Crippen LogP contribution is -2.27. The summed E-state index contributed by atoms with van der Waals surface area (Å²) in [6, 6.07) is 3.85. The fraction of sp³-hybridized carbons (Fsp3) is 0.562. The molecule has 21 heavy (non-hydrogen) atoms. The molecule has 1 unspecified atom stereocenters. The molecule has 0 saturated heterocycles. The predicted molar refractivity (Wildman–Crippen MR) is 86.9 cm³/mol. The van der Waals surface area contributed by atoms with Crippen LogP contribution in [-0.2, 0) is 6.42 Å². The van der Waals surface area contributed by atoms with Crippen LogP contribution in [0, 0.1) is 5.92 Å². The van der Waals surface area contributed by atoms with E-state index in [1.54, 1.807) is 0 Å². The highest BCUT2D eigenvalue weighted by atomic mass is 16.3. The Morgan fingerprint density at radius 3 is 2.57 bits per heavy atom. The highest BCUT2D eigenvalue weighted by Gasteiger charge is 2.10. The molecule has 0 aliphatic carbocycles. The van der Waals surface area contributed by atoms with Crippen LogP contribution in [0.25, 0.3) is 5.70 Å². The van der Waals surface area contributed by atoms with Gasteiger partial charge >= 0.3 is 0 Å². The maximum Gasteiger partial charge on any atom is 0.227 e. The first-order valence-corrected chi connectivity index (χ1v) is 7.61. The van der Waals surface area contributed by atoms with E-state index in [-0.39, 0.29) is 11.6 Å². The summed E-state index contributed by atoms with van der Waals surface area (Å²) in [5.41, 5.74) is 7.75. The molecule has 1 aromatic heterocycles. The van der Waals surface area contributed by atoms with Crippen LogP contribution in [0.1, 0.15) is 50.8 Å². The number of hydrogen-bond acceptors (Lipinski definition) is 5. The van der Waals surface area contributed by atoms with Gasteiger partial charge in [-0.15, -0.1) is 0 Å². The van der Waals surface area contributed by atoms with E-state index in [2.05, 4.69) is 18.8 Å². The third-order valence-electron chi connectivity index (χ3n) is 3.74. The largest absolute Gasteiger partial charge is 0.492 e. The van der Waals surface area contributed by atoms with Crippen molar-refractivity contribution in [3.63, 3.8) is 0 Å². The van der Waals surface area contributed by atoms with Crippen molar-refractivity contribution in [1.82, 2.24) is 9.99 Å². The van der Waals surface area contributed by atoms with Crippen molar-refractivity contribution in [2.45, 2.75) is 46.0 Å². The van der Waals surface area contributed by atoms with Crippen LogP contribution in [0.5, 0.6) is 0 Å². The van der Waals surface area contributed by atoms with E-state index < -0.39 is 0 Å². The van der Waals surface area contributed by atoms with Gasteiger partial charge in [0.05, 0.1) is 5.69 Å². The van der Waals surface area contributed by atoms with Gasteiger partial charge in [0.25, 0.3) is 0 Å². The minimum atomic E-state index is -0.176. The van der Waals surface area contributed by atoms with Gasteiger partial charge in [0, 0.05) is 13.2 Å². The van der Waals surface area contributed by atoms with Gasteiger partial charge in [0.15, 0.2) is 0 Å². The van der Waals surface area contributed by atoms with Gasteiger partial charge in [-0.05, 0) is 24.0 Å². The Bertz CT molecular complexity index is 454. The van der Waals surface area contributed by atoms with E-state index >= 15 is 0 Å². The summed E-state index contributed by atoms with van der Waals surface area (Å²) in [6.45, 7) is 4.46. The normalized spacial score (nSPS) is 13.7. The first kappa shape index (κ1) is 17.3. The average molecular weight is 292 g/mol. The number of aromatic nitrogens is 1. The van der Waals surface area contributed by atoms with Crippen LogP contribution >= 0.6 is 0 Å². The monoisotopic (exact) mass is 292 g/mol. The first-order chi connectivity index (χ1) is 9.99. The van der Waals surface area contributed by atoms with E-state index in [4.69, 9.17) is 11.6 Å². The first-order valence-electron chi connectivity index (χ1n) is 7.61. The molecule has 1 aromatic rings. The second-order valence-electron chi connectivity index (χ2n) is 5.52. The second-order valence-corrected chi connectivity index (χ2v) is 5.52. The Morgan fingerprint density at radius 2 is 2.10 bits per heavy atom. The van der Waals surface area contributed by atoms with Gasteiger partial charge in [0.2, 0.25) is 5.88 Å². The summed E-state index contributed by atoms with van der Waals surface area (Å²) in [5, 5.41) is 10.8. The topological polar surface area (TPSA) is 88.4 Å². The molecule has 118 valence electrons. The van der Waals surface area contributed by atoms with Crippen LogP contribution in [-0.4, -0.2) is 22.1 Å². The molecule has 1 heterocycles. The van der Waals surface area contributed by atoms with Gasteiger partial charge in [-0.2, -0.15) is 0 Å². The van der Waals surface area contributed by atoms with E-state index in [1.807, 2.05) is 18.3 Å². The van der Waals surface area contributed by atoms with E-state index in [9.17, 15) is 5.11 Å². The molecule has 5 N–H and O–H groups in total. The molecule has 1 atom stereocenters. The Hall–Kier alpha value is -1.75. The molecule has 0 aliphatic rings. The van der Waals surface area contributed by atoms with Crippen molar-refractivity contribution in [2.75, 3.05) is 7.05 Å². The number of rotatable bonds is 8. The molecular formula is C16H28N4O. The Kier molecular flexibility index (Phi) is 7.02. The number of pyridine rings is 1.